The Morgan fingerprint density at radius 1 is 1.19 bits per heavy atom. The molecular weight excluding hydrogens is 348 g/mol. The average Bonchev–Trinajstić information content (AvgIpc) is 3.08. The van der Waals surface area contributed by atoms with Crippen LogP contribution < -0.4 is 15.0 Å². The summed E-state index contributed by atoms with van der Waals surface area (Å²) in [5.74, 6) is 0.395. The average molecular weight is 370 g/mol. The Kier molecular flexibility index (Phi) is 6.27. The summed E-state index contributed by atoms with van der Waals surface area (Å²) >= 11 is 0. The highest BCUT2D eigenvalue weighted by atomic mass is 16.6. The summed E-state index contributed by atoms with van der Waals surface area (Å²) < 4.78 is 15.7. The monoisotopic (exact) mass is 370 g/mol. The van der Waals surface area contributed by atoms with E-state index >= 15 is 0 Å². The minimum Gasteiger partial charge on any atom is -0.490 e. The summed E-state index contributed by atoms with van der Waals surface area (Å²) in [6.07, 6.45) is -0.680. The summed E-state index contributed by atoms with van der Waals surface area (Å²) in [6.45, 7) is 1.47. The highest BCUT2D eigenvalue weighted by Crippen LogP contribution is 2.22. The fraction of sp³-hybridized carbons (Fsp3) is 0.300. The number of rotatable bonds is 8. The topological polar surface area (TPSA) is 77.1 Å². The fourth-order valence-corrected chi connectivity index (χ4v) is 2.70. The first kappa shape index (κ1) is 18.7. The Hall–Kier alpha value is -3.06. The van der Waals surface area contributed by atoms with Gasteiger partial charge in [0.25, 0.3) is 0 Å². The van der Waals surface area contributed by atoms with Crippen LogP contribution in [0.25, 0.3) is 0 Å². The molecular formula is C20H22N2O5. The van der Waals surface area contributed by atoms with Gasteiger partial charge in [-0.25, -0.2) is 4.79 Å². The maximum atomic E-state index is 12.0. The fourth-order valence-electron chi connectivity index (χ4n) is 2.70. The second kappa shape index (κ2) is 9.05. The van der Waals surface area contributed by atoms with E-state index in [9.17, 15) is 9.59 Å². The number of anilines is 1. The Balaban J connectivity index is 1.45. The first-order chi connectivity index (χ1) is 13.2. The molecule has 3 rings (SSSR count). The molecule has 1 heterocycles. The Morgan fingerprint density at radius 3 is 2.63 bits per heavy atom. The molecule has 1 atom stereocenters. The molecule has 0 spiro atoms. The zero-order valence-corrected chi connectivity index (χ0v) is 15.1. The van der Waals surface area contributed by atoms with Crippen molar-refractivity contribution in [1.29, 1.82) is 0 Å². The Bertz CT molecular complexity index is 764. The zero-order chi connectivity index (χ0) is 19.1. The van der Waals surface area contributed by atoms with Crippen molar-refractivity contribution >= 4 is 17.7 Å². The lowest BCUT2D eigenvalue weighted by molar-refractivity contribution is -0.139. The van der Waals surface area contributed by atoms with Gasteiger partial charge < -0.3 is 19.5 Å². The lowest BCUT2D eigenvalue weighted by Crippen LogP contribution is -2.26. The number of cyclic esters (lactones) is 1. The molecule has 7 nitrogen and oxygen atoms in total. The van der Waals surface area contributed by atoms with E-state index in [-0.39, 0.29) is 31.3 Å². The number of hydrogen-bond acceptors (Lipinski definition) is 6. The van der Waals surface area contributed by atoms with Crippen LogP contribution in [0.3, 0.4) is 0 Å². The minimum atomic E-state index is -0.359. The van der Waals surface area contributed by atoms with Crippen LogP contribution in [-0.2, 0) is 20.8 Å². The molecule has 27 heavy (non-hydrogen) atoms. The number of ether oxygens (including phenoxy) is 3. The van der Waals surface area contributed by atoms with Crippen LogP contribution in [-0.4, -0.2) is 45.0 Å². The highest BCUT2D eigenvalue weighted by Gasteiger charge is 2.32. The molecule has 1 saturated heterocycles. The zero-order valence-electron chi connectivity index (χ0n) is 15.1. The number of nitrogens with zero attached hydrogens (tertiary/aromatic N) is 1. The molecule has 0 radical (unpaired) electrons. The molecule has 1 fully saturated rings. The predicted molar refractivity (Wildman–Crippen MR) is 99.7 cm³/mol. The summed E-state index contributed by atoms with van der Waals surface area (Å²) in [4.78, 5) is 24.7. The second-order valence-corrected chi connectivity index (χ2v) is 6.09. The van der Waals surface area contributed by atoms with Crippen molar-refractivity contribution in [2.45, 2.75) is 12.6 Å². The molecule has 0 aliphatic carbocycles. The number of hydrogen-bond donors (Lipinski definition) is 1. The molecule has 1 aliphatic rings. The third kappa shape index (κ3) is 5.21. The van der Waals surface area contributed by atoms with Gasteiger partial charge in [-0.1, -0.05) is 30.3 Å². The number of methoxy groups -OCH3 is 1. The van der Waals surface area contributed by atoms with Gasteiger partial charge in [-0.2, -0.15) is 0 Å². The predicted octanol–water partition coefficient (Wildman–Crippen LogP) is 2.35. The third-order valence-electron chi connectivity index (χ3n) is 4.13. The largest absolute Gasteiger partial charge is 0.490 e. The molecule has 142 valence electrons. The van der Waals surface area contributed by atoms with Gasteiger partial charge >= 0.3 is 12.1 Å². The van der Waals surface area contributed by atoms with Crippen LogP contribution in [0.5, 0.6) is 5.75 Å². The van der Waals surface area contributed by atoms with Gasteiger partial charge in [-0.3, -0.25) is 9.69 Å². The van der Waals surface area contributed by atoms with Gasteiger partial charge in [0.2, 0.25) is 0 Å². The van der Waals surface area contributed by atoms with Crippen molar-refractivity contribution in [2.75, 3.05) is 31.7 Å². The van der Waals surface area contributed by atoms with Gasteiger partial charge in [0.1, 0.15) is 12.4 Å². The van der Waals surface area contributed by atoms with Crippen molar-refractivity contribution in [3.8, 4) is 5.75 Å². The van der Waals surface area contributed by atoms with Gasteiger partial charge in [-0.05, 0) is 29.8 Å². The molecule has 1 aliphatic heterocycles. The van der Waals surface area contributed by atoms with Crippen molar-refractivity contribution < 1.29 is 23.8 Å². The first-order valence-corrected chi connectivity index (χ1v) is 8.68. The van der Waals surface area contributed by atoms with E-state index in [1.807, 2.05) is 54.6 Å². The normalized spacial score (nSPS) is 16.1. The quantitative estimate of drug-likeness (QED) is 0.719. The van der Waals surface area contributed by atoms with Crippen molar-refractivity contribution in [2.24, 2.45) is 0 Å². The van der Waals surface area contributed by atoms with E-state index in [1.165, 1.54) is 7.11 Å². The SMILES string of the molecule is COC(=O)CNCc1ccc(OCC2CN(c3ccccc3)C(=O)O2)cc1. The summed E-state index contributed by atoms with van der Waals surface area (Å²) in [6, 6.07) is 16.9. The van der Waals surface area contributed by atoms with Gasteiger partial charge in [0.05, 0.1) is 20.2 Å². The van der Waals surface area contributed by atoms with Crippen LogP contribution in [0.4, 0.5) is 10.5 Å². The lowest BCUT2D eigenvalue weighted by Gasteiger charge is -2.13. The Labute approximate surface area is 157 Å². The number of carbonyl (C=O) groups is 2. The molecule has 0 saturated carbocycles. The van der Waals surface area contributed by atoms with Gasteiger partial charge in [-0.15, -0.1) is 0 Å². The Morgan fingerprint density at radius 2 is 1.93 bits per heavy atom. The number of benzene rings is 2. The minimum absolute atomic E-state index is 0.166. The molecule has 2 aromatic rings. The highest BCUT2D eigenvalue weighted by molar-refractivity contribution is 5.89. The molecule has 1 amide bonds. The number of para-hydroxylation sites is 1. The molecule has 0 bridgehead atoms. The molecule has 0 aromatic heterocycles. The van der Waals surface area contributed by atoms with Gasteiger partial charge in [0.15, 0.2) is 6.10 Å². The molecule has 1 N–H and O–H groups in total. The third-order valence-corrected chi connectivity index (χ3v) is 4.13. The van der Waals surface area contributed by atoms with E-state index in [0.717, 1.165) is 11.3 Å². The first-order valence-electron chi connectivity index (χ1n) is 8.68. The molecule has 2 aromatic carbocycles. The van der Waals surface area contributed by atoms with Crippen LogP contribution in [0.2, 0.25) is 0 Å². The smallest absolute Gasteiger partial charge is 0.414 e. The van der Waals surface area contributed by atoms with Crippen molar-refractivity contribution in [3.05, 3.63) is 60.2 Å². The van der Waals surface area contributed by atoms with Crippen LogP contribution in [0.15, 0.2) is 54.6 Å². The number of nitrogens with one attached hydrogen (secondary N) is 1. The molecule has 1 unspecified atom stereocenters. The van der Waals surface area contributed by atoms with E-state index in [0.29, 0.717) is 18.8 Å². The number of carbonyl (C=O) groups excluding carboxylic acids is 2. The van der Waals surface area contributed by atoms with E-state index in [4.69, 9.17) is 9.47 Å². The van der Waals surface area contributed by atoms with E-state index in [2.05, 4.69) is 10.1 Å². The number of esters is 1. The van der Waals surface area contributed by atoms with Crippen LogP contribution in [0.1, 0.15) is 5.56 Å². The van der Waals surface area contributed by atoms with Crippen LogP contribution >= 0.6 is 0 Å². The van der Waals surface area contributed by atoms with Crippen LogP contribution in [0, 0.1) is 0 Å². The number of amides is 1. The maximum Gasteiger partial charge on any atom is 0.414 e. The summed E-state index contributed by atoms with van der Waals surface area (Å²) in [5, 5.41) is 3.00. The van der Waals surface area contributed by atoms with Gasteiger partial charge in [0, 0.05) is 12.2 Å². The van der Waals surface area contributed by atoms with Crippen molar-refractivity contribution in [3.63, 3.8) is 0 Å². The van der Waals surface area contributed by atoms with Crippen molar-refractivity contribution in [1.82, 2.24) is 5.32 Å². The molecule has 7 heteroatoms. The standard InChI is InChI=1S/C20H22N2O5/c1-25-19(23)12-21-11-15-7-9-17(10-8-15)26-14-18-13-22(20(24)27-18)16-5-3-2-4-6-16/h2-10,18,21H,11-14H2,1H3. The van der Waals surface area contributed by atoms with E-state index < -0.39 is 0 Å². The maximum absolute atomic E-state index is 12.0. The second-order valence-electron chi connectivity index (χ2n) is 6.09. The summed E-state index contributed by atoms with van der Waals surface area (Å²) in [5.41, 5.74) is 1.84. The van der Waals surface area contributed by atoms with E-state index in [1.54, 1.807) is 4.90 Å². The summed E-state index contributed by atoms with van der Waals surface area (Å²) in [7, 11) is 1.36. The lowest BCUT2D eigenvalue weighted by atomic mass is 10.2.